The summed E-state index contributed by atoms with van der Waals surface area (Å²) in [6.07, 6.45) is 4.95. The van der Waals surface area contributed by atoms with Gasteiger partial charge in [-0.15, -0.1) is 5.10 Å². The molecule has 1 saturated heterocycles. The summed E-state index contributed by atoms with van der Waals surface area (Å²) in [5, 5.41) is 5.64. The van der Waals surface area contributed by atoms with Gasteiger partial charge in [-0.05, 0) is 27.1 Å². The molecule has 132 valence electrons. The van der Waals surface area contributed by atoms with Crippen LogP contribution < -0.4 is 9.64 Å². The highest BCUT2D eigenvalue weighted by molar-refractivity contribution is 7.20. The average Bonchev–Trinajstić information content (AvgIpc) is 3.21. The molecule has 0 aliphatic carbocycles. The second kappa shape index (κ2) is 6.61. The molecule has 4 rings (SSSR count). The van der Waals surface area contributed by atoms with Gasteiger partial charge in [0.05, 0.1) is 24.1 Å². The van der Waals surface area contributed by atoms with Crippen LogP contribution >= 0.6 is 11.3 Å². The fourth-order valence-electron chi connectivity index (χ4n) is 3.06. The number of hydrogen-bond donors (Lipinski definition) is 0. The van der Waals surface area contributed by atoms with Crippen molar-refractivity contribution in [3.8, 4) is 5.75 Å². The van der Waals surface area contributed by atoms with Crippen LogP contribution in [0.2, 0.25) is 0 Å². The minimum absolute atomic E-state index is 0.174. The molecule has 0 amide bonds. The van der Waals surface area contributed by atoms with Crippen molar-refractivity contribution in [2.45, 2.75) is 26.0 Å². The average molecular weight is 358 g/mol. The Labute approximate surface area is 150 Å². The maximum Gasteiger partial charge on any atom is 0.214 e. The summed E-state index contributed by atoms with van der Waals surface area (Å²) in [6, 6.07) is 3.96. The number of rotatable bonds is 5. The number of fused-ring (bicyclic) bond motifs is 1. The number of pyridine rings is 1. The van der Waals surface area contributed by atoms with Crippen LogP contribution in [0.1, 0.15) is 17.8 Å². The molecular formula is C17H22N6OS. The van der Waals surface area contributed by atoms with E-state index in [4.69, 9.17) is 4.74 Å². The summed E-state index contributed by atoms with van der Waals surface area (Å²) in [5.74, 6) is 0.892. The number of anilines is 1. The molecule has 1 aliphatic rings. The van der Waals surface area contributed by atoms with Crippen molar-refractivity contribution in [3.63, 3.8) is 0 Å². The lowest BCUT2D eigenvalue weighted by molar-refractivity contribution is 0.224. The molecule has 1 unspecified atom stereocenters. The van der Waals surface area contributed by atoms with Gasteiger partial charge in [0, 0.05) is 31.8 Å². The molecule has 1 atom stereocenters. The van der Waals surface area contributed by atoms with Crippen LogP contribution in [0.15, 0.2) is 24.5 Å². The Balaban J connectivity index is 1.41. The molecule has 0 bridgehead atoms. The highest BCUT2D eigenvalue weighted by Crippen LogP contribution is 2.28. The Kier molecular flexibility index (Phi) is 4.30. The fourth-order valence-corrected chi connectivity index (χ4v) is 4.02. The Morgan fingerprint density at radius 1 is 1.40 bits per heavy atom. The van der Waals surface area contributed by atoms with E-state index >= 15 is 0 Å². The first-order valence-electron chi connectivity index (χ1n) is 8.41. The third-order valence-electron chi connectivity index (χ3n) is 4.14. The Morgan fingerprint density at radius 3 is 3.08 bits per heavy atom. The van der Waals surface area contributed by atoms with E-state index in [0.717, 1.165) is 53.3 Å². The number of nitrogens with zero attached hydrogens (tertiary/aromatic N) is 6. The van der Waals surface area contributed by atoms with Gasteiger partial charge < -0.3 is 14.5 Å². The standard InChI is InChI=1S/C17H22N6OS/c1-12-9-23-16(19-12)25-17(20-23)22-7-5-15(11-22)24-14-4-6-18-13(8-14)10-21(2)3/h4,6,8-9,15H,5,7,10-11H2,1-3H3. The van der Waals surface area contributed by atoms with Crippen molar-refractivity contribution in [2.75, 3.05) is 32.1 Å². The molecule has 4 heterocycles. The van der Waals surface area contributed by atoms with E-state index < -0.39 is 0 Å². The van der Waals surface area contributed by atoms with Crippen molar-refractivity contribution < 1.29 is 4.74 Å². The van der Waals surface area contributed by atoms with Crippen molar-refractivity contribution in [1.82, 2.24) is 24.5 Å². The first-order valence-corrected chi connectivity index (χ1v) is 9.22. The number of hydrogen-bond acceptors (Lipinski definition) is 7. The van der Waals surface area contributed by atoms with Crippen LogP contribution in [-0.4, -0.2) is 57.8 Å². The van der Waals surface area contributed by atoms with E-state index in [9.17, 15) is 0 Å². The summed E-state index contributed by atoms with van der Waals surface area (Å²) >= 11 is 1.63. The van der Waals surface area contributed by atoms with Gasteiger partial charge in [0.2, 0.25) is 10.1 Å². The van der Waals surface area contributed by atoms with Gasteiger partial charge in [-0.25, -0.2) is 9.50 Å². The molecule has 0 aromatic carbocycles. The SMILES string of the molecule is Cc1cn2nc(N3CCC(Oc4ccnc(CN(C)C)c4)C3)sc2n1. The van der Waals surface area contributed by atoms with E-state index in [2.05, 4.69) is 24.9 Å². The zero-order valence-electron chi connectivity index (χ0n) is 14.7. The van der Waals surface area contributed by atoms with E-state index in [1.165, 1.54) is 0 Å². The zero-order valence-corrected chi connectivity index (χ0v) is 15.5. The minimum atomic E-state index is 0.174. The molecule has 3 aromatic heterocycles. The van der Waals surface area contributed by atoms with Crippen molar-refractivity contribution >= 4 is 21.4 Å². The first kappa shape index (κ1) is 16.3. The molecule has 0 N–H and O–H groups in total. The fraction of sp³-hybridized carbons (Fsp3) is 0.471. The molecule has 3 aromatic rings. The summed E-state index contributed by atoms with van der Waals surface area (Å²) in [7, 11) is 4.08. The van der Waals surface area contributed by atoms with E-state index in [1.54, 1.807) is 11.3 Å². The first-order chi connectivity index (χ1) is 12.1. The summed E-state index contributed by atoms with van der Waals surface area (Å²) in [4.78, 5) is 14.2. The van der Waals surface area contributed by atoms with Crippen molar-refractivity contribution in [2.24, 2.45) is 0 Å². The molecule has 25 heavy (non-hydrogen) atoms. The van der Waals surface area contributed by atoms with Gasteiger partial charge in [-0.1, -0.05) is 11.3 Å². The van der Waals surface area contributed by atoms with Crippen molar-refractivity contribution in [3.05, 3.63) is 35.9 Å². The summed E-state index contributed by atoms with van der Waals surface area (Å²) in [6.45, 7) is 4.60. The smallest absolute Gasteiger partial charge is 0.214 e. The lowest BCUT2D eigenvalue weighted by atomic mass is 10.3. The minimum Gasteiger partial charge on any atom is -0.488 e. The third-order valence-corrected chi connectivity index (χ3v) is 5.12. The number of aryl methyl sites for hydroxylation is 1. The third kappa shape index (κ3) is 3.59. The Morgan fingerprint density at radius 2 is 2.28 bits per heavy atom. The summed E-state index contributed by atoms with van der Waals surface area (Å²) in [5.41, 5.74) is 2.02. The topological polar surface area (TPSA) is 58.8 Å². The number of ether oxygens (including phenoxy) is 1. The van der Waals surface area contributed by atoms with Crippen LogP contribution in [0.4, 0.5) is 5.13 Å². The normalized spacial score (nSPS) is 17.8. The molecule has 1 fully saturated rings. The van der Waals surface area contributed by atoms with Gasteiger partial charge in [0.25, 0.3) is 0 Å². The monoisotopic (exact) mass is 358 g/mol. The predicted molar refractivity (Wildman–Crippen MR) is 98.5 cm³/mol. The zero-order chi connectivity index (χ0) is 17.4. The largest absolute Gasteiger partial charge is 0.488 e. The van der Waals surface area contributed by atoms with Crippen LogP contribution in [0.25, 0.3) is 4.96 Å². The summed E-state index contributed by atoms with van der Waals surface area (Å²) < 4.78 is 8.04. The van der Waals surface area contributed by atoms with Crippen molar-refractivity contribution in [1.29, 1.82) is 0 Å². The number of imidazole rings is 1. The van der Waals surface area contributed by atoms with Gasteiger partial charge in [0.1, 0.15) is 11.9 Å². The van der Waals surface area contributed by atoms with Crippen LogP contribution in [0.3, 0.4) is 0 Å². The Bertz CT molecular complexity index is 842. The van der Waals surface area contributed by atoms with Gasteiger partial charge in [0.15, 0.2) is 0 Å². The molecule has 1 aliphatic heterocycles. The maximum atomic E-state index is 6.18. The molecule has 0 spiro atoms. The molecule has 0 saturated carbocycles. The Hall–Kier alpha value is -2.19. The van der Waals surface area contributed by atoms with E-state index in [0.29, 0.717) is 0 Å². The van der Waals surface area contributed by atoms with Crippen LogP contribution in [0, 0.1) is 6.92 Å². The second-order valence-electron chi connectivity index (χ2n) is 6.69. The van der Waals surface area contributed by atoms with Crippen LogP contribution in [0.5, 0.6) is 5.75 Å². The van der Waals surface area contributed by atoms with Gasteiger partial charge in [-0.2, -0.15) is 0 Å². The molecular weight excluding hydrogens is 336 g/mol. The maximum absolute atomic E-state index is 6.18. The van der Waals surface area contributed by atoms with Gasteiger partial charge in [-0.3, -0.25) is 4.98 Å². The highest BCUT2D eigenvalue weighted by atomic mass is 32.1. The second-order valence-corrected chi connectivity index (χ2v) is 7.62. The number of aromatic nitrogens is 4. The quantitative estimate of drug-likeness (QED) is 0.697. The molecule has 0 radical (unpaired) electrons. The van der Waals surface area contributed by atoms with Crippen LogP contribution in [-0.2, 0) is 6.54 Å². The highest BCUT2D eigenvalue weighted by Gasteiger charge is 2.27. The van der Waals surface area contributed by atoms with Gasteiger partial charge >= 0.3 is 0 Å². The predicted octanol–water partition coefficient (Wildman–Crippen LogP) is 2.21. The van der Waals surface area contributed by atoms with E-state index in [1.807, 2.05) is 50.1 Å². The van der Waals surface area contributed by atoms with E-state index in [-0.39, 0.29) is 6.10 Å². The molecule has 8 heteroatoms. The molecule has 7 nitrogen and oxygen atoms in total. The lowest BCUT2D eigenvalue weighted by Gasteiger charge is -2.16. The lowest BCUT2D eigenvalue weighted by Crippen LogP contribution is -2.24.